The van der Waals surface area contributed by atoms with Gasteiger partial charge in [0, 0.05) is 5.56 Å². The van der Waals surface area contributed by atoms with Crippen LogP contribution in [0.4, 0.5) is 0 Å². The summed E-state index contributed by atoms with van der Waals surface area (Å²) in [7, 11) is 0. The van der Waals surface area contributed by atoms with Gasteiger partial charge in [-0.15, -0.1) is 10.2 Å². The molecule has 0 aliphatic heterocycles. The Morgan fingerprint density at radius 1 is 0.950 bits per heavy atom. The molecular weight excluding hydrogens is 246 g/mol. The van der Waals surface area contributed by atoms with Crippen LogP contribution in [-0.4, -0.2) is 15.4 Å². The van der Waals surface area contributed by atoms with Gasteiger partial charge in [-0.2, -0.15) is 0 Å². The first-order chi connectivity index (χ1) is 9.83. The molecule has 20 heavy (non-hydrogen) atoms. The molecule has 0 saturated heterocycles. The van der Waals surface area contributed by atoms with E-state index in [2.05, 4.69) is 64.8 Å². The highest BCUT2D eigenvalue weighted by atomic mass is 15.3. The van der Waals surface area contributed by atoms with Crippen molar-refractivity contribution in [3.63, 3.8) is 0 Å². The highest BCUT2D eigenvalue weighted by Gasteiger charge is 2.05. The minimum absolute atomic E-state index is 0.856. The number of aryl methyl sites for hydroxylation is 1. The highest BCUT2D eigenvalue weighted by molar-refractivity contribution is 5.60. The quantitative estimate of drug-likeness (QED) is 0.725. The lowest BCUT2D eigenvalue weighted by molar-refractivity contribution is 0.870. The zero-order valence-electron chi connectivity index (χ0n) is 11.3. The summed E-state index contributed by atoms with van der Waals surface area (Å²) in [5.41, 5.74) is 5.85. The van der Waals surface area contributed by atoms with Gasteiger partial charge in [-0.3, -0.25) is 0 Å². The maximum absolute atomic E-state index is 4.07. The van der Waals surface area contributed by atoms with Crippen molar-refractivity contribution in [2.75, 3.05) is 0 Å². The fourth-order valence-electron chi connectivity index (χ4n) is 2.23. The Morgan fingerprint density at radius 3 is 2.55 bits per heavy atom. The lowest BCUT2D eigenvalue weighted by atomic mass is 9.97. The van der Waals surface area contributed by atoms with Crippen LogP contribution in [0, 0.1) is 6.92 Å². The first-order valence-corrected chi connectivity index (χ1v) is 6.61. The van der Waals surface area contributed by atoms with Crippen molar-refractivity contribution in [2.45, 2.75) is 13.3 Å². The fraction of sp³-hybridized carbons (Fsp3) is 0.118. The molecule has 0 aliphatic carbocycles. The second-order valence-electron chi connectivity index (χ2n) is 4.81. The number of nitrogens with zero attached hydrogens (tertiary/aromatic N) is 3. The molecule has 0 radical (unpaired) electrons. The Hall–Kier alpha value is -2.55. The van der Waals surface area contributed by atoms with Crippen molar-refractivity contribution in [3.8, 4) is 11.3 Å². The van der Waals surface area contributed by atoms with Gasteiger partial charge < -0.3 is 0 Å². The molecule has 3 aromatic rings. The minimum Gasteiger partial charge on any atom is -0.139 e. The van der Waals surface area contributed by atoms with E-state index in [1.807, 2.05) is 12.1 Å². The van der Waals surface area contributed by atoms with Crippen LogP contribution in [-0.2, 0) is 6.42 Å². The Kier molecular flexibility index (Phi) is 3.50. The van der Waals surface area contributed by atoms with Crippen molar-refractivity contribution in [1.29, 1.82) is 0 Å². The molecule has 0 spiro atoms. The van der Waals surface area contributed by atoms with Crippen molar-refractivity contribution < 1.29 is 0 Å². The largest absolute Gasteiger partial charge is 0.139 e. The van der Waals surface area contributed by atoms with Gasteiger partial charge in [0.25, 0.3) is 0 Å². The van der Waals surface area contributed by atoms with E-state index in [-0.39, 0.29) is 0 Å². The third-order valence-electron chi connectivity index (χ3n) is 3.39. The molecular formula is C17H15N3. The minimum atomic E-state index is 0.856. The van der Waals surface area contributed by atoms with Gasteiger partial charge in [0.2, 0.25) is 0 Å². The van der Waals surface area contributed by atoms with Crippen molar-refractivity contribution in [2.24, 2.45) is 0 Å². The molecule has 0 fully saturated rings. The van der Waals surface area contributed by atoms with E-state index in [1.54, 1.807) is 6.20 Å². The third-order valence-corrected chi connectivity index (χ3v) is 3.39. The van der Waals surface area contributed by atoms with Gasteiger partial charge >= 0.3 is 0 Å². The molecule has 1 heterocycles. The van der Waals surface area contributed by atoms with Crippen LogP contribution in [0.1, 0.15) is 16.7 Å². The lowest BCUT2D eigenvalue weighted by Crippen LogP contribution is -1.94. The summed E-state index contributed by atoms with van der Waals surface area (Å²) in [5.74, 6) is 0. The van der Waals surface area contributed by atoms with Gasteiger partial charge in [0.1, 0.15) is 0 Å². The molecule has 0 bridgehead atoms. The molecule has 0 unspecified atom stereocenters. The SMILES string of the molecule is Cc1ccc(-c2ccnnn2)cc1Cc1ccccc1. The summed E-state index contributed by atoms with van der Waals surface area (Å²) < 4.78 is 0. The van der Waals surface area contributed by atoms with Crippen LogP contribution in [0.25, 0.3) is 11.3 Å². The monoisotopic (exact) mass is 261 g/mol. The Bertz CT molecular complexity index is 694. The third kappa shape index (κ3) is 2.72. The maximum Gasteiger partial charge on any atom is 0.0963 e. The number of hydrogen-bond donors (Lipinski definition) is 0. The van der Waals surface area contributed by atoms with E-state index in [9.17, 15) is 0 Å². The average molecular weight is 261 g/mol. The van der Waals surface area contributed by atoms with Gasteiger partial charge in [-0.25, -0.2) is 0 Å². The van der Waals surface area contributed by atoms with Crippen LogP contribution in [0.2, 0.25) is 0 Å². The van der Waals surface area contributed by atoms with Crippen LogP contribution in [0.3, 0.4) is 0 Å². The molecule has 2 aromatic carbocycles. The molecule has 0 saturated carbocycles. The molecule has 1 aromatic heterocycles. The molecule has 3 nitrogen and oxygen atoms in total. The van der Waals surface area contributed by atoms with Gasteiger partial charge in [-0.05, 0) is 47.4 Å². The molecule has 98 valence electrons. The number of benzene rings is 2. The first kappa shape index (κ1) is 12.5. The summed E-state index contributed by atoms with van der Waals surface area (Å²) >= 11 is 0. The molecule has 0 aliphatic rings. The van der Waals surface area contributed by atoms with Crippen LogP contribution < -0.4 is 0 Å². The number of rotatable bonds is 3. The fourth-order valence-corrected chi connectivity index (χ4v) is 2.23. The van der Waals surface area contributed by atoms with Crippen LogP contribution >= 0.6 is 0 Å². The molecule has 3 heteroatoms. The normalized spacial score (nSPS) is 10.4. The van der Waals surface area contributed by atoms with Crippen molar-refractivity contribution in [3.05, 3.63) is 77.5 Å². The van der Waals surface area contributed by atoms with Gasteiger partial charge in [0.15, 0.2) is 0 Å². The number of hydrogen-bond acceptors (Lipinski definition) is 3. The Morgan fingerprint density at radius 2 is 1.80 bits per heavy atom. The molecule has 0 amide bonds. The van der Waals surface area contributed by atoms with E-state index >= 15 is 0 Å². The average Bonchev–Trinajstić information content (AvgIpc) is 2.51. The van der Waals surface area contributed by atoms with E-state index in [0.29, 0.717) is 0 Å². The molecule has 0 atom stereocenters. The zero-order chi connectivity index (χ0) is 13.8. The summed E-state index contributed by atoms with van der Waals surface area (Å²) in [6.07, 6.45) is 2.60. The molecule has 3 rings (SSSR count). The summed E-state index contributed by atoms with van der Waals surface area (Å²) in [6, 6.07) is 18.8. The predicted molar refractivity (Wildman–Crippen MR) is 79.2 cm³/mol. The molecule has 0 N–H and O–H groups in total. The lowest BCUT2D eigenvalue weighted by Gasteiger charge is -2.08. The smallest absolute Gasteiger partial charge is 0.0963 e. The van der Waals surface area contributed by atoms with E-state index < -0.39 is 0 Å². The van der Waals surface area contributed by atoms with Crippen LogP contribution in [0.15, 0.2) is 60.8 Å². The van der Waals surface area contributed by atoms with E-state index in [0.717, 1.165) is 17.7 Å². The standard InChI is InChI=1S/C17H15N3/c1-13-7-8-15(17-9-10-18-20-19-17)12-16(13)11-14-5-3-2-4-6-14/h2-10,12H,11H2,1H3. The Labute approximate surface area is 118 Å². The number of aromatic nitrogens is 3. The summed E-state index contributed by atoms with van der Waals surface area (Å²) in [6.45, 7) is 2.14. The van der Waals surface area contributed by atoms with E-state index in [4.69, 9.17) is 0 Å². The first-order valence-electron chi connectivity index (χ1n) is 6.61. The van der Waals surface area contributed by atoms with Crippen molar-refractivity contribution >= 4 is 0 Å². The topological polar surface area (TPSA) is 38.7 Å². The zero-order valence-corrected chi connectivity index (χ0v) is 11.3. The van der Waals surface area contributed by atoms with Gasteiger partial charge in [-0.1, -0.05) is 42.5 Å². The Balaban J connectivity index is 1.95. The van der Waals surface area contributed by atoms with Crippen molar-refractivity contribution in [1.82, 2.24) is 15.4 Å². The van der Waals surface area contributed by atoms with Gasteiger partial charge in [0.05, 0.1) is 11.9 Å². The maximum atomic E-state index is 4.07. The summed E-state index contributed by atoms with van der Waals surface area (Å²) in [4.78, 5) is 0. The highest BCUT2D eigenvalue weighted by Crippen LogP contribution is 2.21. The second kappa shape index (κ2) is 5.61. The second-order valence-corrected chi connectivity index (χ2v) is 4.81. The summed E-state index contributed by atoms with van der Waals surface area (Å²) in [5, 5.41) is 11.5. The van der Waals surface area contributed by atoms with Crippen LogP contribution in [0.5, 0.6) is 0 Å². The predicted octanol–water partition coefficient (Wildman–Crippen LogP) is 3.44. The van der Waals surface area contributed by atoms with E-state index in [1.165, 1.54) is 16.7 Å².